The molecule has 0 saturated heterocycles. The molecule has 84 valence electrons. The number of aliphatic hydroxyl groups is 1. The molecule has 1 atom stereocenters. The van der Waals surface area contributed by atoms with E-state index in [1.807, 2.05) is 6.07 Å². The third-order valence-corrected chi connectivity index (χ3v) is 3.50. The van der Waals surface area contributed by atoms with Crippen molar-refractivity contribution in [2.75, 3.05) is 0 Å². The van der Waals surface area contributed by atoms with Crippen LogP contribution in [0.1, 0.15) is 52.9 Å². The topological polar surface area (TPSA) is 44.0 Å². The molecule has 0 spiro atoms. The van der Waals surface area contributed by atoms with Gasteiger partial charge in [0.15, 0.2) is 0 Å². The van der Waals surface area contributed by atoms with Crippen molar-refractivity contribution in [2.24, 2.45) is 5.41 Å². The van der Waals surface area contributed by atoms with Crippen molar-refractivity contribution in [1.29, 1.82) is 5.26 Å². The van der Waals surface area contributed by atoms with Crippen molar-refractivity contribution in [1.82, 2.24) is 0 Å². The molecule has 1 rings (SSSR count). The van der Waals surface area contributed by atoms with Crippen LogP contribution < -0.4 is 0 Å². The Morgan fingerprint density at radius 3 is 2.73 bits per heavy atom. The van der Waals surface area contributed by atoms with Crippen molar-refractivity contribution in [2.45, 2.75) is 59.0 Å². The van der Waals surface area contributed by atoms with Crippen LogP contribution in [0, 0.1) is 16.7 Å². The Bertz CT molecular complexity index is 296. The molecule has 2 heteroatoms. The van der Waals surface area contributed by atoms with Gasteiger partial charge in [-0.05, 0) is 44.4 Å². The average molecular weight is 207 g/mol. The molecule has 0 radical (unpaired) electrons. The summed E-state index contributed by atoms with van der Waals surface area (Å²) in [7, 11) is 0. The van der Waals surface area contributed by atoms with Gasteiger partial charge in [-0.15, -0.1) is 0 Å². The van der Waals surface area contributed by atoms with Gasteiger partial charge in [0, 0.05) is 0 Å². The van der Waals surface area contributed by atoms with Crippen LogP contribution in [0.5, 0.6) is 0 Å². The van der Waals surface area contributed by atoms with Crippen molar-refractivity contribution in [3.63, 3.8) is 0 Å². The normalized spacial score (nSPS) is 22.3. The Morgan fingerprint density at radius 1 is 1.53 bits per heavy atom. The summed E-state index contributed by atoms with van der Waals surface area (Å²) in [4.78, 5) is 0. The molecule has 0 aliphatic heterocycles. The highest BCUT2D eigenvalue weighted by atomic mass is 16.3. The van der Waals surface area contributed by atoms with Crippen LogP contribution >= 0.6 is 0 Å². The molecule has 1 aliphatic rings. The summed E-state index contributed by atoms with van der Waals surface area (Å²) < 4.78 is 0. The Kier molecular flexibility index (Phi) is 3.93. The number of nitrogens with zero attached hydrogens (tertiary/aromatic N) is 1. The van der Waals surface area contributed by atoms with Crippen molar-refractivity contribution in [3.05, 3.63) is 11.1 Å². The van der Waals surface area contributed by atoms with E-state index < -0.39 is 6.10 Å². The first-order valence-electron chi connectivity index (χ1n) is 5.74. The SMILES string of the molecule is CC1=C(CCC(O)C#N)C(C)(C)CCC1. The van der Waals surface area contributed by atoms with Gasteiger partial charge in [-0.2, -0.15) is 5.26 Å². The summed E-state index contributed by atoms with van der Waals surface area (Å²) >= 11 is 0. The van der Waals surface area contributed by atoms with Crippen LogP contribution in [0.15, 0.2) is 11.1 Å². The quantitative estimate of drug-likeness (QED) is 0.570. The lowest BCUT2D eigenvalue weighted by molar-refractivity contribution is 0.214. The lowest BCUT2D eigenvalue weighted by Gasteiger charge is -2.34. The van der Waals surface area contributed by atoms with Gasteiger partial charge in [0.2, 0.25) is 0 Å². The van der Waals surface area contributed by atoms with Crippen LogP contribution in [0.2, 0.25) is 0 Å². The third kappa shape index (κ3) is 3.07. The number of rotatable bonds is 3. The fraction of sp³-hybridized carbons (Fsp3) is 0.769. The average Bonchev–Trinajstić information content (AvgIpc) is 2.15. The van der Waals surface area contributed by atoms with Crippen LogP contribution in [0.4, 0.5) is 0 Å². The van der Waals surface area contributed by atoms with Gasteiger partial charge in [0.1, 0.15) is 6.10 Å². The fourth-order valence-corrected chi connectivity index (χ4v) is 2.57. The molecule has 0 aromatic carbocycles. The van der Waals surface area contributed by atoms with Gasteiger partial charge in [0.05, 0.1) is 6.07 Å². The lowest BCUT2D eigenvalue weighted by Crippen LogP contribution is -2.21. The van der Waals surface area contributed by atoms with Gasteiger partial charge in [-0.25, -0.2) is 0 Å². The number of hydrogen-bond acceptors (Lipinski definition) is 2. The van der Waals surface area contributed by atoms with E-state index in [9.17, 15) is 5.11 Å². The largest absolute Gasteiger partial charge is 0.378 e. The molecule has 0 amide bonds. The van der Waals surface area contributed by atoms with E-state index in [2.05, 4.69) is 20.8 Å². The summed E-state index contributed by atoms with van der Waals surface area (Å²) in [6.07, 6.45) is 4.32. The second-order valence-corrected chi connectivity index (χ2v) is 5.18. The van der Waals surface area contributed by atoms with Crippen molar-refractivity contribution in [3.8, 4) is 6.07 Å². The van der Waals surface area contributed by atoms with Crippen LogP contribution in [0.25, 0.3) is 0 Å². The molecular weight excluding hydrogens is 186 g/mol. The van der Waals surface area contributed by atoms with Gasteiger partial charge in [-0.1, -0.05) is 25.0 Å². The zero-order valence-corrected chi connectivity index (χ0v) is 10.0. The first kappa shape index (κ1) is 12.3. The highest BCUT2D eigenvalue weighted by molar-refractivity contribution is 5.22. The number of nitriles is 1. The Hall–Kier alpha value is -0.810. The minimum Gasteiger partial charge on any atom is -0.378 e. The zero-order valence-electron chi connectivity index (χ0n) is 10.0. The van der Waals surface area contributed by atoms with Gasteiger partial charge in [0.25, 0.3) is 0 Å². The van der Waals surface area contributed by atoms with E-state index in [1.54, 1.807) is 0 Å². The standard InChI is InChI=1S/C13H21NO/c1-10-5-4-8-13(2,3)12(10)7-6-11(15)9-14/h11,15H,4-8H2,1-3H3. The van der Waals surface area contributed by atoms with E-state index in [0.29, 0.717) is 6.42 Å². The minimum atomic E-state index is -0.803. The van der Waals surface area contributed by atoms with Crippen molar-refractivity contribution >= 4 is 0 Å². The molecule has 0 aromatic heterocycles. The molecule has 1 aliphatic carbocycles. The zero-order chi connectivity index (χ0) is 11.5. The predicted octanol–water partition coefficient (Wildman–Crippen LogP) is 3.18. The fourth-order valence-electron chi connectivity index (χ4n) is 2.57. The molecule has 1 N–H and O–H groups in total. The molecule has 0 fully saturated rings. The first-order valence-corrected chi connectivity index (χ1v) is 5.74. The van der Waals surface area contributed by atoms with Gasteiger partial charge in [-0.3, -0.25) is 0 Å². The van der Waals surface area contributed by atoms with E-state index >= 15 is 0 Å². The van der Waals surface area contributed by atoms with E-state index in [4.69, 9.17) is 5.26 Å². The van der Waals surface area contributed by atoms with Crippen LogP contribution in [-0.4, -0.2) is 11.2 Å². The summed E-state index contributed by atoms with van der Waals surface area (Å²) in [5.74, 6) is 0. The maximum absolute atomic E-state index is 9.26. The second-order valence-electron chi connectivity index (χ2n) is 5.18. The number of hydrogen-bond donors (Lipinski definition) is 1. The van der Waals surface area contributed by atoms with E-state index in [0.717, 1.165) is 6.42 Å². The predicted molar refractivity (Wildman–Crippen MR) is 61.2 cm³/mol. The highest BCUT2D eigenvalue weighted by Crippen LogP contribution is 2.42. The highest BCUT2D eigenvalue weighted by Gasteiger charge is 2.28. The number of aliphatic hydroxyl groups excluding tert-OH is 1. The molecule has 0 aromatic rings. The molecular formula is C13H21NO. The Morgan fingerprint density at radius 2 is 2.20 bits per heavy atom. The Balaban J connectivity index is 2.69. The second kappa shape index (κ2) is 4.81. The first-order chi connectivity index (χ1) is 6.97. The van der Waals surface area contributed by atoms with E-state index in [-0.39, 0.29) is 5.41 Å². The smallest absolute Gasteiger partial charge is 0.140 e. The van der Waals surface area contributed by atoms with Gasteiger partial charge < -0.3 is 5.11 Å². The third-order valence-electron chi connectivity index (χ3n) is 3.50. The molecule has 15 heavy (non-hydrogen) atoms. The molecule has 2 nitrogen and oxygen atoms in total. The number of allylic oxidation sites excluding steroid dienone is 2. The molecule has 1 unspecified atom stereocenters. The maximum Gasteiger partial charge on any atom is 0.140 e. The van der Waals surface area contributed by atoms with Crippen LogP contribution in [-0.2, 0) is 0 Å². The Labute approximate surface area is 92.6 Å². The summed E-state index contributed by atoms with van der Waals surface area (Å²) in [6, 6.07) is 1.88. The molecule has 0 heterocycles. The monoisotopic (exact) mass is 207 g/mol. The molecule has 0 bridgehead atoms. The minimum absolute atomic E-state index is 0.261. The summed E-state index contributed by atoms with van der Waals surface area (Å²) in [6.45, 7) is 6.72. The molecule has 0 saturated carbocycles. The van der Waals surface area contributed by atoms with Crippen molar-refractivity contribution < 1.29 is 5.11 Å². The summed E-state index contributed by atoms with van der Waals surface area (Å²) in [5, 5.41) is 17.8. The maximum atomic E-state index is 9.26. The van der Waals surface area contributed by atoms with Crippen LogP contribution in [0.3, 0.4) is 0 Å². The summed E-state index contributed by atoms with van der Waals surface area (Å²) in [5.41, 5.74) is 3.19. The lowest BCUT2D eigenvalue weighted by atomic mass is 9.71. The van der Waals surface area contributed by atoms with Gasteiger partial charge >= 0.3 is 0 Å². The van der Waals surface area contributed by atoms with E-state index in [1.165, 1.54) is 30.4 Å².